The van der Waals surface area contributed by atoms with Gasteiger partial charge in [-0.15, -0.1) is 0 Å². The van der Waals surface area contributed by atoms with E-state index in [2.05, 4.69) is 21.2 Å². The normalized spacial score (nSPS) is 11.9. The van der Waals surface area contributed by atoms with Gasteiger partial charge in [0.05, 0.1) is 10.5 Å². The summed E-state index contributed by atoms with van der Waals surface area (Å²) in [6.07, 6.45) is 0.650. The molecule has 7 heteroatoms. The molecule has 0 aliphatic heterocycles. The third-order valence-corrected chi connectivity index (χ3v) is 5.20. The number of rotatable bonds is 7. The third kappa shape index (κ3) is 4.79. The second-order valence-electron chi connectivity index (χ2n) is 6.82. The van der Waals surface area contributed by atoms with E-state index in [0.29, 0.717) is 17.8 Å². The number of carbonyl (C=O) groups excluding carboxylic acids is 2. The number of carbonyl (C=O) groups is 2. The maximum absolute atomic E-state index is 12.8. The summed E-state index contributed by atoms with van der Waals surface area (Å²) in [6, 6.07) is 14.5. The summed E-state index contributed by atoms with van der Waals surface area (Å²) in [5.41, 5.74) is 1.45. The van der Waals surface area contributed by atoms with Crippen LogP contribution in [0.3, 0.4) is 0 Å². The SMILES string of the molecule is CCC(NC(=O)c1cc2cccc(Br)c2o1)c1ccccc1OCC(=O)N(C)C. The quantitative estimate of drug-likeness (QED) is 0.563. The van der Waals surface area contributed by atoms with Crippen molar-refractivity contribution in [3.63, 3.8) is 0 Å². The maximum atomic E-state index is 12.8. The highest BCUT2D eigenvalue weighted by molar-refractivity contribution is 9.10. The largest absolute Gasteiger partial charge is 0.483 e. The fourth-order valence-electron chi connectivity index (χ4n) is 2.94. The molecule has 1 N–H and O–H groups in total. The predicted molar refractivity (Wildman–Crippen MR) is 115 cm³/mol. The van der Waals surface area contributed by atoms with Crippen LogP contribution in [0, 0.1) is 0 Å². The Morgan fingerprint density at radius 2 is 1.93 bits per heavy atom. The maximum Gasteiger partial charge on any atom is 0.287 e. The lowest BCUT2D eigenvalue weighted by atomic mass is 10.0. The van der Waals surface area contributed by atoms with Gasteiger partial charge in [-0.3, -0.25) is 9.59 Å². The lowest BCUT2D eigenvalue weighted by Crippen LogP contribution is -2.30. The van der Waals surface area contributed by atoms with Crippen molar-refractivity contribution in [2.45, 2.75) is 19.4 Å². The van der Waals surface area contributed by atoms with Crippen LogP contribution in [0.25, 0.3) is 11.0 Å². The number of para-hydroxylation sites is 2. The van der Waals surface area contributed by atoms with Crippen molar-refractivity contribution in [2.24, 2.45) is 0 Å². The third-order valence-electron chi connectivity index (χ3n) is 4.58. The van der Waals surface area contributed by atoms with Crippen molar-refractivity contribution in [3.05, 3.63) is 64.3 Å². The van der Waals surface area contributed by atoms with E-state index in [1.54, 1.807) is 26.2 Å². The first kappa shape index (κ1) is 20.9. The van der Waals surface area contributed by atoms with Gasteiger partial charge in [0.25, 0.3) is 11.8 Å². The van der Waals surface area contributed by atoms with Crippen molar-refractivity contribution in [1.29, 1.82) is 0 Å². The second-order valence-corrected chi connectivity index (χ2v) is 7.67. The van der Waals surface area contributed by atoms with E-state index in [1.165, 1.54) is 4.90 Å². The summed E-state index contributed by atoms with van der Waals surface area (Å²) in [4.78, 5) is 26.1. The molecule has 0 saturated heterocycles. The molecule has 1 heterocycles. The fourth-order valence-corrected chi connectivity index (χ4v) is 3.40. The number of nitrogens with one attached hydrogen (secondary N) is 1. The predicted octanol–water partition coefficient (Wildman–Crippen LogP) is 4.54. The molecule has 3 rings (SSSR count). The Labute approximate surface area is 177 Å². The smallest absolute Gasteiger partial charge is 0.287 e. The van der Waals surface area contributed by atoms with Gasteiger partial charge in [0.1, 0.15) is 11.3 Å². The average molecular weight is 459 g/mol. The fraction of sp³-hybridized carbons (Fsp3) is 0.273. The molecule has 29 heavy (non-hydrogen) atoms. The van der Waals surface area contributed by atoms with Crippen LogP contribution < -0.4 is 10.1 Å². The van der Waals surface area contributed by atoms with Crippen molar-refractivity contribution in [3.8, 4) is 5.75 Å². The Kier molecular flexibility index (Phi) is 6.59. The minimum atomic E-state index is -0.306. The number of nitrogens with zero attached hydrogens (tertiary/aromatic N) is 1. The Bertz CT molecular complexity index is 1030. The van der Waals surface area contributed by atoms with Crippen LogP contribution in [-0.2, 0) is 4.79 Å². The zero-order valence-electron chi connectivity index (χ0n) is 16.6. The van der Waals surface area contributed by atoms with Crippen molar-refractivity contribution in [1.82, 2.24) is 10.2 Å². The lowest BCUT2D eigenvalue weighted by molar-refractivity contribution is -0.130. The Hall–Kier alpha value is -2.80. The molecule has 2 aromatic carbocycles. The van der Waals surface area contributed by atoms with Crippen LogP contribution in [0.15, 0.2) is 57.4 Å². The molecule has 1 aromatic heterocycles. The molecule has 0 saturated carbocycles. The Morgan fingerprint density at radius 1 is 1.17 bits per heavy atom. The summed E-state index contributed by atoms with van der Waals surface area (Å²) in [5.74, 6) is 0.373. The highest BCUT2D eigenvalue weighted by atomic mass is 79.9. The summed E-state index contributed by atoms with van der Waals surface area (Å²) >= 11 is 3.44. The minimum Gasteiger partial charge on any atom is -0.483 e. The number of furan rings is 1. The number of benzene rings is 2. The molecule has 2 amide bonds. The topological polar surface area (TPSA) is 71.8 Å². The molecule has 0 aliphatic carbocycles. The van der Waals surface area contributed by atoms with Crippen molar-refractivity contribution >= 4 is 38.7 Å². The number of amides is 2. The number of ether oxygens (including phenoxy) is 1. The van der Waals surface area contributed by atoms with Crippen LogP contribution >= 0.6 is 15.9 Å². The molecule has 1 unspecified atom stereocenters. The molecule has 3 aromatic rings. The molecular weight excluding hydrogens is 436 g/mol. The van der Waals surface area contributed by atoms with Crippen LogP contribution in [0.5, 0.6) is 5.75 Å². The summed E-state index contributed by atoms with van der Waals surface area (Å²) in [6.45, 7) is 1.91. The second kappa shape index (κ2) is 9.13. The summed E-state index contributed by atoms with van der Waals surface area (Å²) in [5, 5.41) is 3.86. The first-order valence-electron chi connectivity index (χ1n) is 9.31. The van der Waals surface area contributed by atoms with Gasteiger partial charge in [0.2, 0.25) is 0 Å². The molecule has 0 aliphatic rings. The van der Waals surface area contributed by atoms with E-state index in [4.69, 9.17) is 9.15 Å². The molecule has 6 nitrogen and oxygen atoms in total. The molecule has 152 valence electrons. The van der Waals surface area contributed by atoms with Gasteiger partial charge in [-0.1, -0.05) is 37.3 Å². The van der Waals surface area contributed by atoms with Gasteiger partial charge in [0, 0.05) is 25.0 Å². The standard InChI is InChI=1S/C22H23BrN2O4/c1-4-17(15-9-5-6-11-18(15)28-13-20(26)25(2)3)24-22(27)19-12-14-8-7-10-16(23)21(14)29-19/h5-12,17H,4,13H2,1-3H3,(H,24,27). The number of hydrogen-bond donors (Lipinski definition) is 1. The Balaban J connectivity index is 1.79. The van der Waals surface area contributed by atoms with E-state index < -0.39 is 0 Å². The molecule has 0 bridgehead atoms. The zero-order valence-corrected chi connectivity index (χ0v) is 18.2. The summed E-state index contributed by atoms with van der Waals surface area (Å²) in [7, 11) is 3.36. The lowest BCUT2D eigenvalue weighted by Gasteiger charge is -2.20. The first-order valence-corrected chi connectivity index (χ1v) is 10.1. The highest BCUT2D eigenvalue weighted by Crippen LogP contribution is 2.30. The van der Waals surface area contributed by atoms with Crippen molar-refractivity contribution in [2.75, 3.05) is 20.7 Å². The number of halogens is 1. The van der Waals surface area contributed by atoms with Gasteiger partial charge in [-0.25, -0.2) is 0 Å². The van der Waals surface area contributed by atoms with Crippen LogP contribution in [0.2, 0.25) is 0 Å². The van der Waals surface area contributed by atoms with Crippen LogP contribution in [-0.4, -0.2) is 37.4 Å². The van der Waals surface area contributed by atoms with Crippen LogP contribution in [0.4, 0.5) is 0 Å². The van der Waals surface area contributed by atoms with Gasteiger partial charge in [-0.05, 0) is 40.5 Å². The van der Waals surface area contributed by atoms with E-state index >= 15 is 0 Å². The van der Waals surface area contributed by atoms with E-state index in [0.717, 1.165) is 15.4 Å². The number of hydrogen-bond acceptors (Lipinski definition) is 4. The van der Waals surface area contributed by atoms with E-state index in [9.17, 15) is 9.59 Å². The zero-order chi connectivity index (χ0) is 21.0. The van der Waals surface area contributed by atoms with Gasteiger partial charge >= 0.3 is 0 Å². The van der Waals surface area contributed by atoms with Gasteiger partial charge in [-0.2, -0.15) is 0 Å². The van der Waals surface area contributed by atoms with E-state index in [-0.39, 0.29) is 30.2 Å². The number of likely N-dealkylation sites (N-methyl/N-ethyl adjacent to an activating group) is 1. The van der Waals surface area contributed by atoms with Gasteiger partial charge in [0.15, 0.2) is 12.4 Å². The molecule has 0 spiro atoms. The highest BCUT2D eigenvalue weighted by Gasteiger charge is 2.21. The molecule has 0 radical (unpaired) electrons. The summed E-state index contributed by atoms with van der Waals surface area (Å²) < 4.78 is 12.3. The molecule has 1 atom stereocenters. The molecular formula is C22H23BrN2O4. The average Bonchev–Trinajstić information content (AvgIpc) is 3.16. The minimum absolute atomic E-state index is 0.0635. The number of fused-ring (bicyclic) bond motifs is 1. The van der Waals surface area contributed by atoms with Gasteiger partial charge < -0.3 is 19.4 Å². The van der Waals surface area contributed by atoms with Crippen molar-refractivity contribution < 1.29 is 18.7 Å². The first-order chi connectivity index (χ1) is 13.9. The van der Waals surface area contributed by atoms with E-state index in [1.807, 2.05) is 43.3 Å². The Morgan fingerprint density at radius 3 is 2.62 bits per heavy atom. The van der Waals surface area contributed by atoms with Crippen LogP contribution in [0.1, 0.15) is 35.5 Å². The molecule has 0 fully saturated rings. The monoisotopic (exact) mass is 458 g/mol.